The van der Waals surface area contributed by atoms with E-state index < -0.39 is 0 Å². The van der Waals surface area contributed by atoms with E-state index in [1.165, 1.54) is 52.3 Å². The van der Waals surface area contributed by atoms with Gasteiger partial charge in [0.1, 0.15) is 5.75 Å². The number of alkyl halides is 2. The molecule has 0 aromatic heterocycles. The van der Waals surface area contributed by atoms with Crippen molar-refractivity contribution in [3.63, 3.8) is 0 Å². The molecule has 0 aliphatic carbocycles. The number of hydrogen-bond acceptors (Lipinski definition) is 1. The van der Waals surface area contributed by atoms with E-state index in [1.54, 1.807) is 0 Å². The zero-order valence-corrected chi connectivity index (χ0v) is 20.6. The van der Waals surface area contributed by atoms with E-state index in [4.69, 9.17) is 4.74 Å². The molecule has 0 N–H and O–H groups in total. The van der Waals surface area contributed by atoms with Gasteiger partial charge in [-0.15, -0.1) is 0 Å². The van der Waals surface area contributed by atoms with E-state index in [2.05, 4.69) is 100 Å². The molecule has 0 saturated carbocycles. The summed E-state index contributed by atoms with van der Waals surface area (Å²) < 4.78 is 6.50. The van der Waals surface area contributed by atoms with Crippen LogP contribution in [0.5, 0.6) is 5.75 Å². The Balaban J connectivity index is 2.08. The molecule has 0 heterocycles. The molecule has 1 unspecified atom stereocenters. The zero-order valence-electron chi connectivity index (χ0n) is 17.4. The summed E-state index contributed by atoms with van der Waals surface area (Å²) in [6.07, 6.45) is 4.91. The number of rotatable bonds is 10. The summed E-state index contributed by atoms with van der Waals surface area (Å²) in [7, 11) is 0. The third-order valence-electron chi connectivity index (χ3n) is 5.65. The summed E-state index contributed by atoms with van der Waals surface area (Å²) in [6.45, 7) is 5.31. The van der Waals surface area contributed by atoms with Gasteiger partial charge in [-0.3, -0.25) is 0 Å². The number of benzene rings is 3. The molecule has 0 saturated heterocycles. The highest BCUT2D eigenvalue weighted by molar-refractivity contribution is 9.08. The van der Waals surface area contributed by atoms with Crippen molar-refractivity contribution in [2.45, 2.75) is 50.2 Å². The smallest absolute Gasteiger partial charge is 0.127 e. The predicted octanol–water partition coefficient (Wildman–Crippen LogP) is 8.89. The lowest BCUT2D eigenvalue weighted by Crippen LogP contribution is -2.12. The number of ether oxygens (including phenoxy) is 1. The molecule has 0 spiro atoms. The second-order valence-corrected chi connectivity index (χ2v) is 8.77. The van der Waals surface area contributed by atoms with Gasteiger partial charge in [-0.1, -0.05) is 107 Å². The highest BCUT2D eigenvalue weighted by Gasteiger charge is 2.16. The normalized spacial score (nSPS) is 12.3. The zero-order chi connectivity index (χ0) is 20.6. The quantitative estimate of drug-likeness (QED) is 0.244. The average Bonchev–Trinajstić information content (AvgIpc) is 2.78. The fraction of sp³-hybridized carbons (Fsp3) is 0.385. The summed E-state index contributed by atoms with van der Waals surface area (Å²) in [5.41, 5.74) is 5.03. The van der Waals surface area contributed by atoms with Crippen LogP contribution in [0.2, 0.25) is 0 Å². The third-order valence-corrected chi connectivity index (χ3v) is 6.90. The van der Waals surface area contributed by atoms with Crippen molar-refractivity contribution < 1.29 is 4.74 Å². The maximum Gasteiger partial charge on any atom is 0.127 e. The minimum atomic E-state index is 0.610. The van der Waals surface area contributed by atoms with Gasteiger partial charge in [-0.2, -0.15) is 0 Å². The second kappa shape index (κ2) is 11.2. The van der Waals surface area contributed by atoms with Crippen LogP contribution < -0.4 is 4.74 Å². The highest BCUT2D eigenvalue weighted by Crippen LogP contribution is 2.40. The molecular weight excluding hydrogens is 488 g/mol. The molecule has 1 nitrogen and oxygen atoms in total. The number of hydrogen-bond donors (Lipinski definition) is 0. The van der Waals surface area contributed by atoms with Crippen LogP contribution in [-0.4, -0.2) is 6.61 Å². The van der Waals surface area contributed by atoms with Crippen molar-refractivity contribution in [2.75, 3.05) is 6.61 Å². The van der Waals surface area contributed by atoms with Crippen LogP contribution in [0.3, 0.4) is 0 Å². The van der Waals surface area contributed by atoms with E-state index in [1.807, 2.05) is 0 Å². The molecule has 3 aromatic rings. The Hall–Kier alpha value is -1.32. The summed E-state index contributed by atoms with van der Waals surface area (Å²) in [6, 6.07) is 19.7. The lowest BCUT2D eigenvalue weighted by molar-refractivity contribution is 0.234. The van der Waals surface area contributed by atoms with Crippen LogP contribution >= 0.6 is 31.9 Å². The van der Waals surface area contributed by atoms with Crippen LogP contribution in [0.25, 0.3) is 21.9 Å². The van der Waals surface area contributed by atoms with Crippen LogP contribution in [0.1, 0.15) is 50.7 Å². The molecule has 0 bridgehead atoms. The van der Waals surface area contributed by atoms with Crippen LogP contribution in [-0.2, 0) is 10.7 Å². The maximum atomic E-state index is 6.50. The summed E-state index contributed by atoms with van der Waals surface area (Å²) in [4.78, 5) is 0. The highest BCUT2D eigenvalue weighted by atomic mass is 79.9. The Labute approximate surface area is 192 Å². The maximum absolute atomic E-state index is 6.50. The van der Waals surface area contributed by atoms with Crippen molar-refractivity contribution in [2.24, 2.45) is 5.92 Å². The first-order valence-corrected chi connectivity index (χ1v) is 12.8. The number of halogens is 2. The van der Waals surface area contributed by atoms with Crippen molar-refractivity contribution in [3.05, 3.63) is 65.7 Å². The number of fused-ring (bicyclic) bond motifs is 1. The van der Waals surface area contributed by atoms with Gasteiger partial charge in [0, 0.05) is 16.2 Å². The minimum absolute atomic E-state index is 0.610. The van der Waals surface area contributed by atoms with Gasteiger partial charge in [0.15, 0.2) is 0 Å². The summed E-state index contributed by atoms with van der Waals surface area (Å²) >= 11 is 7.31. The van der Waals surface area contributed by atoms with Gasteiger partial charge in [0.25, 0.3) is 0 Å². The summed E-state index contributed by atoms with van der Waals surface area (Å²) in [5, 5.41) is 4.17. The van der Waals surface area contributed by atoms with Gasteiger partial charge in [-0.25, -0.2) is 0 Å². The Kier molecular flexibility index (Phi) is 8.62. The molecule has 0 radical (unpaired) electrons. The van der Waals surface area contributed by atoms with Crippen LogP contribution in [0, 0.1) is 5.92 Å². The second-order valence-electron chi connectivity index (χ2n) is 7.65. The van der Waals surface area contributed by atoms with Crippen LogP contribution in [0.15, 0.2) is 54.6 Å². The molecule has 0 amide bonds. The van der Waals surface area contributed by atoms with E-state index >= 15 is 0 Å². The molecule has 29 heavy (non-hydrogen) atoms. The van der Waals surface area contributed by atoms with E-state index in [9.17, 15) is 0 Å². The molecular formula is C26H30Br2O. The topological polar surface area (TPSA) is 9.23 Å². The van der Waals surface area contributed by atoms with Gasteiger partial charge in [0.2, 0.25) is 0 Å². The largest absolute Gasteiger partial charge is 0.493 e. The molecule has 0 aliphatic heterocycles. The van der Waals surface area contributed by atoms with Crippen molar-refractivity contribution in [3.8, 4) is 16.9 Å². The van der Waals surface area contributed by atoms with Gasteiger partial charge in [-0.05, 0) is 51.9 Å². The first kappa shape index (κ1) is 22.4. The predicted molar refractivity (Wildman–Crippen MR) is 133 cm³/mol. The fourth-order valence-corrected chi connectivity index (χ4v) is 4.65. The molecule has 3 heteroatoms. The van der Waals surface area contributed by atoms with Gasteiger partial charge in [0.05, 0.1) is 6.61 Å². The molecule has 3 aromatic carbocycles. The standard InChI is InChI=1S/C26H30Br2O/c1-3-5-8-19(4-2)18-29-25-14-13-21-9-6-7-10-23(21)26(25)24-15-20(16-27)11-12-22(24)17-28/h6-7,9-15,19H,3-5,8,16-18H2,1-2H3. The Morgan fingerprint density at radius 3 is 2.48 bits per heavy atom. The van der Waals surface area contributed by atoms with Crippen molar-refractivity contribution in [1.29, 1.82) is 0 Å². The van der Waals surface area contributed by atoms with E-state index in [0.29, 0.717) is 5.92 Å². The van der Waals surface area contributed by atoms with Crippen LogP contribution in [0.4, 0.5) is 0 Å². The third kappa shape index (κ3) is 5.44. The Bertz CT molecular complexity index is 935. The first-order valence-electron chi connectivity index (χ1n) is 10.6. The van der Waals surface area contributed by atoms with Gasteiger partial charge >= 0.3 is 0 Å². The van der Waals surface area contributed by atoms with E-state index in [0.717, 1.165) is 29.4 Å². The lowest BCUT2D eigenvalue weighted by Gasteiger charge is -2.20. The van der Waals surface area contributed by atoms with E-state index in [-0.39, 0.29) is 0 Å². The van der Waals surface area contributed by atoms with Crippen molar-refractivity contribution in [1.82, 2.24) is 0 Å². The fourth-order valence-electron chi connectivity index (χ4n) is 3.81. The minimum Gasteiger partial charge on any atom is -0.493 e. The summed E-state index contributed by atoms with van der Waals surface area (Å²) in [5.74, 6) is 1.60. The number of unbranched alkanes of at least 4 members (excludes halogenated alkanes) is 1. The van der Waals surface area contributed by atoms with Crippen molar-refractivity contribution >= 4 is 42.6 Å². The SMILES string of the molecule is CCCCC(CC)COc1ccc2ccccc2c1-c1cc(CBr)ccc1CBr. The molecule has 0 fully saturated rings. The molecule has 0 aliphatic rings. The Morgan fingerprint density at radius 2 is 1.76 bits per heavy atom. The molecule has 154 valence electrons. The Morgan fingerprint density at radius 1 is 0.931 bits per heavy atom. The average molecular weight is 518 g/mol. The first-order chi connectivity index (χ1) is 14.2. The molecule has 3 rings (SSSR count). The monoisotopic (exact) mass is 516 g/mol. The molecule has 1 atom stereocenters. The van der Waals surface area contributed by atoms with Gasteiger partial charge < -0.3 is 4.74 Å². The lowest BCUT2D eigenvalue weighted by atomic mass is 9.93.